The van der Waals surface area contributed by atoms with Crippen molar-refractivity contribution in [1.29, 1.82) is 0 Å². The first kappa shape index (κ1) is 14.0. The van der Waals surface area contributed by atoms with Crippen LogP contribution < -0.4 is 0 Å². The van der Waals surface area contributed by atoms with Gasteiger partial charge < -0.3 is 5.11 Å². The first-order valence-electron chi connectivity index (χ1n) is 5.50. The fraction of sp³-hybridized carbons (Fsp3) is 0.538. The molecule has 0 aromatic heterocycles. The Labute approximate surface area is 104 Å². The Kier molecular flexibility index (Phi) is 5.30. The van der Waals surface area contributed by atoms with Crippen molar-refractivity contribution in [2.24, 2.45) is 0 Å². The van der Waals surface area contributed by atoms with Crippen molar-refractivity contribution in [3.8, 4) is 0 Å². The summed E-state index contributed by atoms with van der Waals surface area (Å²) in [6, 6.07) is 8.31. The molecule has 1 nitrogen and oxygen atoms in total. The van der Waals surface area contributed by atoms with Gasteiger partial charge in [0.05, 0.1) is 5.60 Å². The van der Waals surface area contributed by atoms with Crippen LogP contribution in [0.2, 0.25) is 0 Å². The lowest BCUT2D eigenvalue weighted by molar-refractivity contribution is 0.0785. The molecule has 0 saturated heterocycles. The Morgan fingerprint density at radius 2 is 2.06 bits per heavy atom. The average molecular weight is 256 g/mol. The molecule has 0 fully saturated rings. The van der Waals surface area contributed by atoms with E-state index in [4.69, 9.17) is 0 Å². The highest BCUT2D eigenvalue weighted by Crippen LogP contribution is 2.44. The molecule has 1 aromatic rings. The van der Waals surface area contributed by atoms with E-state index in [0.29, 0.717) is 0 Å². The zero-order valence-corrected chi connectivity index (χ0v) is 12.2. The minimum atomic E-state index is -0.730. The molecule has 90 valence electrons. The molecule has 0 aliphatic heterocycles. The van der Waals surface area contributed by atoms with E-state index in [0.717, 1.165) is 12.0 Å². The highest BCUT2D eigenvalue weighted by Gasteiger charge is 2.15. The molecule has 1 rings (SSSR count). The van der Waals surface area contributed by atoms with Gasteiger partial charge in [0.15, 0.2) is 0 Å². The minimum Gasteiger partial charge on any atom is -0.386 e. The monoisotopic (exact) mass is 256 g/mol. The predicted molar refractivity (Wildman–Crippen MR) is 76.6 cm³/mol. The van der Waals surface area contributed by atoms with Crippen molar-refractivity contribution < 1.29 is 5.11 Å². The Bertz CT molecular complexity index is 333. The molecule has 0 spiro atoms. The molecule has 0 aliphatic carbocycles. The average Bonchev–Trinajstić information content (AvgIpc) is 2.25. The number of benzene rings is 1. The molecule has 0 radical (unpaired) electrons. The molecule has 1 N–H and O–H groups in total. The molecule has 3 heteroatoms. The van der Waals surface area contributed by atoms with Crippen molar-refractivity contribution >= 4 is 18.5 Å². The summed E-state index contributed by atoms with van der Waals surface area (Å²) in [5.41, 5.74) is 1.62. The van der Waals surface area contributed by atoms with Crippen molar-refractivity contribution in [2.45, 2.75) is 25.9 Å². The smallest absolute Gasteiger partial charge is 0.0840 e. The fourth-order valence-corrected chi connectivity index (χ4v) is 3.06. The van der Waals surface area contributed by atoms with Crippen molar-refractivity contribution in [3.63, 3.8) is 0 Å². The van der Waals surface area contributed by atoms with E-state index < -0.39 is 5.60 Å². The van der Waals surface area contributed by atoms with Crippen molar-refractivity contribution in [3.05, 3.63) is 35.4 Å². The van der Waals surface area contributed by atoms with Gasteiger partial charge in [0.2, 0.25) is 0 Å². The first-order valence-corrected chi connectivity index (χ1v) is 9.31. The van der Waals surface area contributed by atoms with Gasteiger partial charge in [-0.1, -0.05) is 24.3 Å². The Hall–Kier alpha value is -0.0400. The summed E-state index contributed by atoms with van der Waals surface area (Å²) >= 11 is 1.97. The van der Waals surface area contributed by atoms with Crippen LogP contribution in [0, 0.1) is 0 Å². The number of aliphatic hydroxyl groups is 1. The molecule has 16 heavy (non-hydrogen) atoms. The number of hydrogen-bond donors (Lipinski definition) is 1. The molecule has 0 bridgehead atoms. The second-order valence-corrected chi connectivity index (χ2v) is 9.58. The van der Waals surface area contributed by atoms with Crippen LogP contribution in [0.1, 0.15) is 25.0 Å². The van der Waals surface area contributed by atoms with Crippen LogP contribution in [0.4, 0.5) is 0 Å². The molecule has 1 unspecified atom stereocenters. The second kappa shape index (κ2) is 6.05. The second-order valence-electron chi connectivity index (χ2n) is 4.54. The lowest BCUT2D eigenvalue weighted by Crippen LogP contribution is -2.15. The van der Waals surface area contributed by atoms with Crippen molar-refractivity contribution in [2.75, 3.05) is 19.1 Å². The summed E-state index contributed by atoms with van der Waals surface area (Å²) in [6.45, 7) is 5.99. The zero-order chi connectivity index (χ0) is 12.2. The predicted octanol–water partition coefficient (Wildman–Crippen LogP) is 3.85. The van der Waals surface area contributed by atoms with E-state index in [9.17, 15) is 5.11 Å². The molecule has 0 amide bonds. The summed E-state index contributed by atoms with van der Waals surface area (Å²) in [5.74, 6) is 0. The lowest BCUT2D eigenvalue weighted by atomic mass is 9.96. The van der Waals surface area contributed by atoms with Gasteiger partial charge in [-0.25, -0.2) is 0 Å². The van der Waals surface area contributed by atoms with Crippen LogP contribution >= 0.6 is 18.5 Å². The van der Waals surface area contributed by atoms with E-state index in [1.54, 1.807) is 0 Å². The van der Waals surface area contributed by atoms with Crippen molar-refractivity contribution in [1.82, 2.24) is 0 Å². The summed E-state index contributed by atoms with van der Waals surface area (Å²) < 4.78 is 0. The molecule has 1 aromatic carbocycles. The molecule has 1 atom stereocenters. The normalized spacial score (nSPS) is 13.8. The highest BCUT2D eigenvalue weighted by atomic mass is 32.7. The molecular weight excluding hydrogens is 235 g/mol. The molecule has 0 saturated carbocycles. The Morgan fingerprint density at radius 1 is 1.38 bits per heavy atom. The number of hydrogen-bond acceptors (Lipinski definition) is 2. The summed E-state index contributed by atoms with van der Waals surface area (Å²) in [6.07, 6.45) is 4.55. The van der Waals surface area contributed by atoms with Gasteiger partial charge in [-0.2, -0.15) is 0 Å². The molecule has 0 aliphatic rings. The van der Waals surface area contributed by atoms with Gasteiger partial charge in [0.25, 0.3) is 0 Å². The van der Waals surface area contributed by atoms with Gasteiger partial charge in [-0.3, -0.25) is 0 Å². The quantitative estimate of drug-likeness (QED) is 0.808. The Balaban J connectivity index is 2.68. The SMILES string of the molecule is CSP(C)CCc1cccc(C(C)(C)O)c1. The first-order chi connectivity index (χ1) is 7.43. The van der Waals surface area contributed by atoms with Gasteiger partial charge in [0.1, 0.15) is 0 Å². The summed E-state index contributed by atoms with van der Waals surface area (Å²) in [4.78, 5) is 0. The van der Waals surface area contributed by atoms with E-state index >= 15 is 0 Å². The van der Waals surface area contributed by atoms with E-state index in [2.05, 4.69) is 25.1 Å². The summed E-state index contributed by atoms with van der Waals surface area (Å²) in [7, 11) is 0.114. The zero-order valence-electron chi connectivity index (χ0n) is 10.5. The summed E-state index contributed by atoms with van der Waals surface area (Å²) in [5, 5.41) is 9.94. The number of aryl methyl sites for hydroxylation is 1. The van der Waals surface area contributed by atoms with Crippen LogP contribution in [0.15, 0.2) is 24.3 Å². The maximum absolute atomic E-state index is 9.94. The van der Waals surface area contributed by atoms with Gasteiger partial charge >= 0.3 is 0 Å². The van der Waals surface area contributed by atoms with E-state index in [1.807, 2.05) is 37.4 Å². The van der Waals surface area contributed by atoms with E-state index in [-0.39, 0.29) is 7.12 Å². The van der Waals surface area contributed by atoms with Crippen LogP contribution in [-0.4, -0.2) is 24.2 Å². The van der Waals surface area contributed by atoms with Crippen LogP contribution in [0.3, 0.4) is 0 Å². The van der Waals surface area contributed by atoms with Crippen LogP contribution in [0.25, 0.3) is 0 Å². The van der Waals surface area contributed by atoms with Gasteiger partial charge in [-0.15, -0.1) is 11.4 Å². The van der Waals surface area contributed by atoms with Gasteiger partial charge in [-0.05, 0) is 57.6 Å². The molecule has 0 heterocycles. The maximum atomic E-state index is 9.94. The fourth-order valence-electron chi connectivity index (χ4n) is 1.49. The van der Waals surface area contributed by atoms with E-state index in [1.165, 1.54) is 11.7 Å². The minimum absolute atomic E-state index is 0.114. The van der Waals surface area contributed by atoms with Crippen LogP contribution in [0.5, 0.6) is 0 Å². The topological polar surface area (TPSA) is 20.2 Å². The highest BCUT2D eigenvalue weighted by molar-refractivity contribution is 8.55. The maximum Gasteiger partial charge on any atom is 0.0840 e. The third-order valence-electron chi connectivity index (χ3n) is 2.66. The number of rotatable bonds is 5. The standard InChI is InChI=1S/C13H21OPS/c1-13(2,14)12-7-5-6-11(10-12)8-9-15(3)16-4/h5-7,10,14H,8-9H2,1-4H3. The van der Waals surface area contributed by atoms with Gasteiger partial charge in [0, 0.05) is 0 Å². The molecular formula is C13H21OPS. The third-order valence-corrected chi connectivity index (χ3v) is 6.55. The lowest BCUT2D eigenvalue weighted by Gasteiger charge is -2.18. The Morgan fingerprint density at radius 3 is 2.62 bits per heavy atom. The third kappa shape index (κ3) is 4.45. The largest absolute Gasteiger partial charge is 0.386 e. The van der Waals surface area contributed by atoms with Crippen LogP contribution in [-0.2, 0) is 12.0 Å².